The van der Waals surface area contributed by atoms with Crippen LogP contribution in [0.5, 0.6) is 0 Å². The third-order valence-corrected chi connectivity index (χ3v) is 11.0. The lowest BCUT2D eigenvalue weighted by molar-refractivity contribution is 0.120. The van der Waals surface area contributed by atoms with Gasteiger partial charge in [-0.3, -0.25) is 0 Å². The van der Waals surface area contributed by atoms with Gasteiger partial charge in [-0.1, -0.05) is 13.1 Å². The molecule has 0 saturated heterocycles. The maximum atomic E-state index is 6.36. The fourth-order valence-corrected chi connectivity index (χ4v) is 7.13. The van der Waals surface area contributed by atoms with Crippen LogP contribution in [0.3, 0.4) is 0 Å². The molecule has 0 amide bonds. The van der Waals surface area contributed by atoms with Crippen LogP contribution in [0.1, 0.15) is 27.7 Å². The van der Waals surface area contributed by atoms with E-state index in [0.29, 0.717) is 0 Å². The summed E-state index contributed by atoms with van der Waals surface area (Å²) < 4.78 is 12.5. The molecule has 16 heavy (non-hydrogen) atoms. The fourth-order valence-electron chi connectivity index (χ4n) is 1.44. The van der Waals surface area contributed by atoms with Crippen LogP contribution in [-0.2, 0) is 8.85 Å². The molecule has 1 atom stereocenters. The van der Waals surface area contributed by atoms with Gasteiger partial charge in [0, 0.05) is 5.22 Å². The summed E-state index contributed by atoms with van der Waals surface area (Å²) in [6.45, 7) is 20.3. The zero-order valence-corrected chi connectivity index (χ0v) is 16.0. The Labute approximate surface area is 107 Å². The lowest BCUT2D eigenvalue weighted by Crippen LogP contribution is -2.52. The van der Waals surface area contributed by atoms with Gasteiger partial charge in [-0.2, -0.15) is 0 Å². The van der Waals surface area contributed by atoms with E-state index in [2.05, 4.69) is 60.4 Å². The van der Waals surface area contributed by atoms with Crippen molar-refractivity contribution in [1.82, 2.24) is 0 Å². The highest BCUT2D eigenvalue weighted by Gasteiger charge is 2.36. The third kappa shape index (κ3) is 5.27. The second-order valence-electron chi connectivity index (χ2n) is 6.29. The van der Waals surface area contributed by atoms with Gasteiger partial charge in [-0.05, 0) is 47.3 Å². The first kappa shape index (κ1) is 16.6. The van der Waals surface area contributed by atoms with E-state index in [1.54, 1.807) is 0 Å². The summed E-state index contributed by atoms with van der Waals surface area (Å²) in [6, 6.07) is 0. The summed E-state index contributed by atoms with van der Waals surface area (Å²) in [5, 5.41) is 0.0752. The van der Waals surface area contributed by atoms with E-state index in [1.807, 2.05) is 0 Å². The molecule has 1 unspecified atom stereocenters. The van der Waals surface area contributed by atoms with Crippen molar-refractivity contribution in [3.63, 3.8) is 0 Å². The second-order valence-corrected chi connectivity index (χ2v) is 15.2. The molecule has 0 heterocycles. The van der Waals surface area contributed by atoms with Crippen LogP contribution in [-0.4, -0.2) is 37.3 Å². The van der Waals surface area contributed by atoms with Crippen molar-refractivity contribution in [2.75, 3.05) is 0 Å². The van der Waals surface area contributed by atoms with Gasteiger partial charge in [0.25, 0.3) is 0 Å². The normalized spacial score (nSPS) is 15.9. The molecule has 0 aromatic carbocycles. The van der Waals surface area contributed by atoms with E-state index in [-0.39, 0.29) is 10.4 Å². The van der Waals surface area contributed by atoms with Crippen LogP contribution in [0.25, 0.3) is 0 Å². The SMILES string of the molecule is C[SiH](C)OC(C)(C)[SiH](C)OC(C)(C)[SiH](C)C. The largest absolute Gasteiger partial charge is 0.416 e. The summed E-state index contributed by atoms with van der Waals surface area (Å²) >= 11 is 0. The summed E-state index contributed by atoms with van der Waals surface area (Å²) in [5.74, 6) is 0. The Kier molecular flexibility index (Phi) is 6.16. The van der Waals surface area contributed by atoms with Crippen molar-refractivity contribution in [1.29, 1.82) is 0 Å². The molecule has 5 heteroatoms. The summed E-state index contributed by atoms with van der Waals surface area (Å²) in [7, 11) is -3.05. The molecule has 0 aromatic heterocycles. The highest BCUT2D eigenvalue weighted by Crippen LogP contribution is 2.23. The van der Waals surface area contributed by atoms with Crippen LogP contribution >= 0.6 is 0 Å². The van der Waals surface area contributed by atoms with Crippen LogP contribution in [0.2, 0.25) is 32.7 Å². The Balaban J connectivity index is 4.50. The molecule has 0 saturated carbocycles. The van der Waals surface area contributed by atoms with Gasteiger partial charge in [0.1, 0.15) is 0 Å². The van der Waals surface area contributed by atoms with Crippen molar-refractivity contribution in [3.8, 4) is 0 Å². The van der Waals surface area contributed by atoms with Gasteiger partial charge < -0.3 is 8.85 Å². The standard InChI is InChI=1S/C11H30O2Si3/c1-10(2,14(5)6)13-16(9)11(3,4)12-15(7)8/h14-16H,1-9H3. The molecule has 0 aromatic rings. The van der Waals surface area contributed by atoms with Crippen LogP contribution in [0.4, 0.5) is 0 Å². The van der Waals surface area contributed by atoms with Gasteiger partial charge in [-0.25, -0.2) is 0 Å². The predicted molar refractivity (Wildman–Crippen MR) is 81.1 cm³/mol. The summed E-state index contributed by atoms with van der Waals surface area (Å²) in [4.78, 5) is 0. The predicted octanol–water partition coefficient (Wildman–Crippen LogP) is 2.48. The van der Waals surface area contributed by atoms with Crippen LogP contribution in [0.15, 0.2) is 0 Å². The molecule has 0 spiro atoms. The maximum Gasteiger partial charge on any atom is 0.203 e. The minimum absolute atomic E-state index is 0.0268. The molecule has 0 radical (unpaired) electrons. The maximum absolute atomic E-state index is 6.36. The summed E-state index contributed by atoms with van der Waals surface area (Å²) in [5.41, 5.74) is 0. The highest BCUT2D eigenvalue weighted by atomic mass is 28.3. The van der Waals surface area contributed by atoms with Crippen LogP contribution < -0.4 is 0 Å². The van der Waals surface area contributed by atoms with E-state index < -0.39 is 26.9 Å². The lowest BCUT2D eigenvalue weighted by atomic mass is 10.5. The van der Waals surface area contributed by atoms with Crippen LogP contribution in [0, 0.1) is 0 Å². The lowest BCUT2D eigenvalue weighted by Gasteiger charge is -2.40. The molecule has 0 aliphatic carbocycles. The molecular formula is C11H30O2Si3. The van der Waals surface area contributed by atoms with Gasteiger partial charge >= 0.3 is 0 Å². The molecule has 0 bridgehead atoms. The Hall–Kier alpha value is 0.571. The molecule has 98 valence electrons. The van der Waals surface area contributed by atoms with E-state index >= 15 is 0 Å². The van der Waals surface area contributed by atoms with Crippen molar-refractivity contribution < 1.29 is 8.85 Å². The minimum Gasteiger partial charge on any atom is -0.416 e. The Morgan fingerprint density at radius 3 is 1.44 bits per heavy atom. The molecule has 0 rings (SSSR count). The van der Waals surface area contributed by atoms with Gasteiger partial charge in [-0.15, -0.1) is 0 Å². The summed E-state index contributed by atoms with van der Waals surface area (Å²) in [6.07, 6.45) is 0. The first-order chi connectivity index (χ1) is 6.99. The molecule has 0 aliphatic heterocycles. The number of rotatable bonds is 6. The molecule has 2 nitrogen and oxygen atoms in total. The first-order valence-corrected chi connectivity index (χ1v) is 14.2. The van der Waals surface area contributed by atoms with Crippen molar-refractivity contribution in [2.45, 2.75) is 70.9 Å². The zero-order valence-electron chi connectivity index (χ0n) is 12.5. The van der Waals surface area contributed by atoms with Crippen molar-refractivity contribution in [3.05, 3.63) is 0 Å². The second kappa shape index (κ2) is 5.95. The van der Waals surface area contributed by atoms with E-state index in [1.165, 1.54) is 0 Å². The molecular weight excluding hydrogens is 248 g/mol. The molecule has 0 aliphatic rings. The van der Waals surface area contributed by atoms with Gasteiger partial charge in [0.2, 0.25) is 9.04 Å². The van der Waals surface area contributed by atoms with Crippen molar-refractivity contribution >= 4 is 26.9 Å². The van der Waals surface area contributed by atoms with E-state index in [4.69, 9.17) is 8.85 Å². The first-order valence-electron chi connectivity index (χ1n) is 6.34. The van der Waals surface area contributed by atoms with E-state index in [9.17, 15) is 0 Å². The minimum atomic E-state index is -1.30. The zero-order chi connectivity index (χ0) is 13.1. The highest BCUT2D eigenvalue weighted by molar-refractivity contribution is 6.62. The quantitative estimate of drug-likeness (QED) is 0.695. The fraction of sp³-hybridized carbons (Fsp3) is 1.00. The molecule has 0 fully saturated rings. The van der Waals surface area contributed by atoms with Crippen molar-refractivity contribution in [2.24, 2.45) is 0 Å². The van der Waals surface area contributed by atoms with Gasteiger partial charge in [0.15, 0.2) is 9.04 Å². The Bertz CT molecular complexity index is 215. The topological polar surface area (TPSA) is 18.5 Å². The Morgan fingerprint density at radius 1 is 0.688 bits per heavy atom. The number of hydrogen-bond donors (Lipinski definition) is 0. The van der Waals surface area contributed by atoms with Gasteiger partial charge in [0.05, 0.1) is 14.0 Å². The smallest absolute Gasteiger partial charge is 0.203 e. The Morgan fingerprint density at radius 2 is 1.12 bits per heavy atom. The average Bonchev–Trinajstić information content (AvgIpc) is 1.99. The van der Waals surface area contributed by atoms with E-state index in [0.717, 1.165) is 0 Å². The monoisotopic (exact) mass is 278 g/mol. The average molecular weight is 279 g/mol. The molecule has 0 N–H and O–H groups in total. The third-order valence-electron chi connectivity index (χ3n) is 3.39. The number of hydrogen-bond acceptors (Lipinski definition) is 2.